The number of hydrogen-bond donors (Lipinski definition) is 1. The molecule has 0 aliphatic carbocycles. The molecule has 0 saturated heterocycles. The highest BCUT2D eigenvalue weighted by Gasteiger charge is 2.13. The minimum atomic E-state index is -1.02. The Hall–Kier alpha value is -2.86. The van der Waals surface area contributed by atoms with Crippen LogP contribution in [-0.2, 0) is 11.2 Å². The van der Waals surface area contributed by atoms with Crippen LogP contribution in [0, 0.1) is 0 Å². The lowest BCUT2D eigenvalue weighted by Gasteiger charge is -2.12. The van der Waals surface area contributed by atoms with Gasteiger partial charge in [-0.2, -0.15) is 0 Å². The highest BCUT2D eigenvalue weighted by atomic mass is 35.5. The van der Waals surface area contributed by atoms with Crippen molar-refractivity contribution < 1.29 is 19.4 Å². The molecule has 7 heteroatoms. The van der Waals surface area contributed by atoms with E-state index in [0.717, 1.165) is 11.2 Å². The first kappa shape index (κ1) is 17.9. The molecule has 26 heavy (non-hydrogen) atoms. The van der Waals surface area contributed by atoms with Crippen LogP contribution in [0.2, 0.25) is 5.02 Å². The number of carboxylic acid groups (broad SMARTS) is 1. The standard InChI is InChI=1S/C19H17ClN2O4/c1-3-15-18(22-17-10-12(20)4-9-16(17)21-15)26-14-7-5-13(6-8-14)25-11(2)19(23)24/h4-11H,3H2,1-2H3,(H,23,24). The van der Waals surface area contributed by atoms with E-state index < -0.39 is 12.1 Å². The first-order valence-corrected chi connectivity index (χ1v) is 8.47. The van der Waals surface area contributed by atoms with Gasteiger partial charge >= 0.3 is 5.97 Å². The van der Waals surface area contributed by atoms with Gasteiger partial charge in [-0.15, -0.1) is 0 Å². The molecule has 1 heterocycles. The van der Waals surface area contributed by atoms with Crippen LogP contribution in [0.15, 0.2) is 42.5 Å². The quantitative estimate of drug-likeness (QED) is 0.686. The molecule has 6 nitrogen and oxygen atoms in total. The molecule has 0 spiro atoms. The van der Waals surface area contributed by atoms with Gasteiger partial charge < -0.3 is 14.6 Å². The smallest absolute Gasteiger partial charge is 0.344 e. The number of carbonyl (C=O) groups is 1. The number of aromatic nitrogens is 2. The third-order valence-corrected chi connectivity index (χ3v) is 3.93. The fourth-order valence-electron chi connectivity index (χ4n) is 2.31. The molecule has 134 valence electrons. The molecule has 1 atom stereocenters. The van der Waals surface area contributed by atoms with E-state index in [9.17, 15) is 4.79 Å². The lowest BCUT2D eigenvalue weighted by molar-refractivity contribution is -0.144. The molecular weight excluding hydrogens is 356 g/mol. The Morgan fingerprint density at radius 3 is 2.46 bits per heavy atom. The Bertz CT molecular complexity index is 944. The number of benzene rings is 2. The normalized spacial score (nSPS) is 12.0. The zero-order valence-electron chi connectivity index (χ0n) is 14.3. The van der Waals surface area contributed by atoms with Gasteiger partial charge in [-0.05, 0) is 55.8 Å². The number of aryl methyl sites for hydroxylation is 1. The average molecular weight is 373 g/mol. The highest BCUT2D eigenvalue weighted by molar-refractivity contribution is 6.31. The van der Waals surface area contributed by atoms with Crippen molar-refractivity contribution in [1.29, 1.82) is 0 Å². The van der Waals surface area contributed by atoms with Crippen molar-refractivity contribution in [3.05, 3.63) is 53.2 Å². The molecule has 0 aliphatic heterocycles. The van der Waals surface area contributed by atoms with Crippen molar-refractivity contribution in [1.82, 2.24) is 9.97 Å². The van der Waals surface area contributed by atoms with Crippen molar-refractivity contribution in [3.63, 3.8) is 0 Å². The lowest BCUT2D eigenvalue weighted by Crippen LogP contribution is -2.22. The highest BCUT2D eigenvalue weighted by Crippen LogP contribution is 2.28. The third-order valence-electron chi connectivity index (χ3n) is 3.70. The largest absolute Gasteiger partial charge is 0.479 e. The molecule has 0 radical (unpaired) electrons. The van der Waals surface area contributed by atoms with Crippen LogP contribution in [0.1, 0.15) is 19.5 Å². The van der Waals surface area contributed by atoms with E-state index in [1.54, 1.807) is 36.4 Å². The summed E-state index contributed by atoms with van der Waals surface area (Å²) in [4.78, 5) is 19.9. The van der Waals surface area contributed by atoms with Crippen LogP contribution in [0.25, 0.3) is 11.0 Å². The van der Waals surface area contributed by atoms with Crippen LogP contribution in [0.4, 0.5) is 0 Å². The first-order chi connectivity index (χ1) is 12.5. The van der Waals surface area contributed by atoms with Crippen molar-refractivity contribution >= 4 is 28.6 Å². The maximum absolute atomic E-state index is 10.8. The Balaban J connectivity index is 1.84. The van der Waals surface area contributed by atoms with E-state index in [1.807, 2.05) is 13.0 Å². The number of rotatable bonds is 6. The molecule has 1 aromatic heterocycles. The second-order valence-electron chi connectivity index (χ2n) is 5.63. The number of aliphatic carboxylic acids is 1. The van der Waals surface area contributed by atoms with E-state index in [-0.39, 0.29) is 0 Å². The minimum absolute atomic E-state index is 0.412. The number of carboxylic acids is 1. The number of fused-ring (bicyclic) bond motifs is 1. The van der Waals surface area contributed by atoms with Gasteiger partial charge in [-0.25, -0.2) is 14.8 Å². The van der Waals surface area contributed by atoms with Crippen LogP contribution >= 0.6 is 11.6 Å². The predicted octanol–water partition coefficient (Wildman–Crippen LogP) is 4.49. The van der Waals surface area contributed by atoms with Gasteiger partial charge in [0.1, 0.15) is 17.2 Å². The van der Waals surface area contributed by atoms with Crippen LogP contribution in [0.3, 0.4) is 0 Å². The molecule has 0 amide bonds. The monoisotopic (exact) mass is 372 g/mol. The van der Waals surface area contributed by atoms with Crippen molar-refractivity contribution in [2.75, 3.05) is 0 Å². The van der Waals surface area contributed by atoms with Gasteiger partial charge in [-0.1, -0.05) is 18.5 Å². The third kappa shape index (κ3) is 4.03. The van der Waals surface area contributed by atoms with Crippen LogP contribution < -0.4 is 9.47 Å². The van der Waals surface area contributed by atoms with Gasteiger partial charge in [0.2, 0.25) is 5.88 Å². The Morgan fingerprint density at radius 1 is 1.12 bits per heavy atom. The molecular formula is C19H17ClN2O4. The fourth-order valence-corrected chi connectivity index (χ4v) is 2.48. The number of hydrogen-bond acceptors (Lipinski definition) is 5. The molecule has 1 unspecified atom stereocenters. The SMILES string of the molecule is CCc1nc2ccc(Cl)cc2nc1Oc1ccc(OC(C)C(=O)O)cc1. The summed E-state index contributed by atoms with van der Waals surface area (Å²) in [5.74, 6) is 0.378. The number of ether oxygens (including phenoxy) is 2. The average Bonchev–Trinajstić information content (AvgIpc) is 2.62. The lowest BCUT2D eigenvalue weighted by atomic mass is 10.2. The van der Waals surface area contributed by atoms with Crippen molar-refractivity contribution in [2.45, 2.75) is 26.4 Å². The van der Waals surface area contributed by atoms with E-state index in [2.05, 4.69) is 9.97 Å². The molecule has 0 fully saturated rings. The minimum Gasteiger partial charge on any atom is -0.479 e. The van der Waals surface area contributed by atoms with Crippen LogP contribution in [-0.4, -0.2) is 27.1 Å². The topological polar surface area (TPSA) is 81.5 Å². The maximum Gasteiger partial charge on any atom is 0.344 e. The summed E-state index contributed by atoms with van der Waals surface area (Å²) in [6.07, 6.45) is -0.261. The van der Waals surface area contributed by atoms with Crippen LogP contribution in [0.5, 0.6) is 17.4 Å². The summed E-state index contributed by atoms with van der Waals surface area (Å²) >= 11 is 6.02. The zero-order valence-corrected chi connectivity index (χ0v) is 15.0. The van der Waals surface area contributed by atoms with Crippen molar-refractivity contribution in [2.24, 2.45) is 0 Å². The Morgan fingerprint density at radius 2 is 1.81 bits per heavy atom. The summed E-state index contributed by atoms with van der Waals surface area (Å²) in [6, 6.07) is 12.0. The van der Waals surface area contributed by atoms with Gasteiger partial charge in [-0.3, -0.25) is 0 Å². The van der Waals surface area contributed by atoms with Gasteiger partial charge in [0.05, 0.1) is 11.0 Å². The van der Waals surface area contributed by atoms with Gasteiger partial charge in [0, 0.05) is 5.02 Å². The summed E-state index contributed by atoms with van der Waals surface area (Å²) in [5.41, 5.74) is 2.14. The summed E-state index contributed by atoms with van der Waals surface area (Å²) in [5, 5.41) is 9.46. The second kappa shape index (κ2) is 7.58. The molecule has 3 rings (SSSR count). The van der Waals surface area contributed by atoms with Gasteiger partial charge in [0.25, 0.3) is 0 Å². The molecule has 1 N–H and O–H groups in total. The Labute approximate surface area is 155 Å². The maximum atomic E-state index is 10.8. The summed E-state index contributed by atoms with van der Waals surface area (Å²) < 4.78 is 11.2. The van der Waals surface area contributed by atoms with E-state index in [4.69, 9.17) is 26.2 Å². The molecule has 0 bridgehead atoms. The fraction of sp³-hybridized carbons (Fsp3) is 0.211. The zero-order chi connectivity index (χ0) is 18.7. The summed E-state index contributed by atoms with van der Waals surface area (Å²) in [6.45, 7) is 3.44. The molecule has 0 aliphatic rings. The second-order valence-corrected chi connectivity index (χ2v) is 6.07. The van der Waals surface area contributed by atoms with E-state index >= 15 is 0 Å². The molecule has 0 saturated carbocycles. The first-order valence-electron chi connectivity index (χ1n) is 8.10. The van der Waals surface area contributed by atoms with Gasteiger partial charge in [0.15, 0.2) is 6.10 Å². The van der Waals surface area contributed by atoms with Crippen molar-refractivity contribution in [3.8, 4) is 17.4 Å². The Kier molecular flexibility index (Phi) is 5.23. The van der Waals surface area contributed by atoms with E-state index in [0.29, 0.717) is 34.3 Å². The summed E-state index contributed by atoms with van der Waals surface area (Å²) in [7, 11) is 0. The number of halogens is 1. The number of nitrogens with zero attached hydrogens (tertiary/aromatic N) is 2. The predicted molar refractivity (Wildman–Crippen MR) is 98.2 cm³/mol. The molecule has 3 aromatic rings. The molecule has 2 aromatic carbocycles. The van der Waals surface area contributed by atoms with E-state index in [1.165, 1.54) is 6.92 Å².